The van der Waals surface area contributed by atoms with E-state index in [0.29, 0.717) is 0 Å². The summed E-state index contributed by atoms with van der Waals surface area (Å²) < 4.78 is 0. The average molecular weight is 124 g/mol. The summed E-state index contributed by atoms with van der Waals surface area (Å²) in [6.07, 6.45) is 4.68. The van der Waals surface area contributed by atoms with E-state index in [-0.39, 0.29) is 0 Å². The second kappa shape index (κ2) is 6.68. The number of aromatic nitrogens is 4. The van der Waals surface area contributed by atoms with Crippen LogP contribution in [0.25, 0.3) is 0 Å². The van der Waals surface area contributed by atoms with Gasteiger partial charge in [0, 0.05) is 0 Å². The van der Waals surface area contributed by atoms with E-state index >= 15 is 0 Å². The predicted molar refractivity (Wildman–Crippen MR) is 33.5 cm³/mol. The SMILES string of the molecule is C=CC.c1cnnnn1. The van der Waals surface area contributed by atoms with Gasteiger partial charge in [-0.05, 0) is 17.4 Å². The summed E-state index contributed by atoms with van der Waals surface area (Å²) in [5.41, 5.74) is 0. The molecule has 4 heteroatoms. The Morgan fingerprint density at radius 1 is 1.22 bits per heavy atom. The highest BCUT2D eigenvalue weighted by atomic mass is 15.4. The van der Waals surface area contributed by atoms with Crippen LogP contribution in [0, 0.1) is 0 Å². The second-order valence-electron chi connectivity index (χ2n) is 1.12. The van der Waals surface area contributed by atoms with E-state index < -0.39 is 0 Å². The van der Waals surface area contributed by atoms with Gasteiger partial charge in [0.15, 0.2) is 0 Å². The van der Waals surface area contributed by atoms with Crippen LogP contribution in [-0.2, 0) is 0 Å². The van der Waals surface area contributed by atoms with Gasteiger partial charge < -0.3 is 0 Å². The number of allylic oxidation sites excluding steroid dienone is 1. The van der Waals surface area contributed by atoms with Crippen LogP contribution in [0.4, 0.5) is 0 Å². The minimum absolute atomic E-state index is 1.47. The summed E-state index contributed by atoms with van der Waals surface area (Å²) in [5.74, 6) is 0. The molecule has 0 amide bonds. The van der Waals surface area contributed by atoms with Crippen LogP contribution in [0.3, 0.4) is 0 Å². The molecule has 48 valence electrons. The molecule has 0 bridgehead atoms. The van der Waals surface area contributed by atoms with Crippen molar-refractivity contribution in [1.82, 2.24) is 20.6 Å². The molecule has 0 N–H and O–H groups in total. The van der Waals surface area contributed by atoms with Gasteiger partial charge in [-0.15, -0.1) is 16.8 Å². The molecule has 0 aliphatic carbocycles. The fourth-order valence-electron chi connectivity index (χ4n) is 0.165. The lowest BCUT2D eigenvalue weighted by molar-refractivity contribution is 0.761. The number of nitrogens with zero attached hydrogens (tertiary/aromatic N) is 4. The third-order valence-corrected chi connectivity index (χ3v) is 0.343. The van der Waals surface area contributed by atoms with Gasteiger partial charge in [-0.25, -0.2) is 0 Å². The Kier molecular flexibility index (Phi) is 5.70. The Labute approximate surface area is 53.6 Å². The van der Waals surface area contributed by atoms with Crippen molar-refractivity contribution in [2.24, 2.45) is 0 Å². The first-order valence-corrected chi connectivity index (χ1v) is 2.44. The topological polar surface area (TPSA) is 51.6 Å². The van der Waals surface area contributed by atoms with Crippen molar-refractivity contribution in [1.29, 1.82) is 0 Å². The lowest BCUT2D eigenvalue weighted by atomic mass is 10.8. The molecule has 0 atom stereocenters. The van der Waals surface area contributed by atoms with Crippen LogP contribution in [0.1, 0.15) is 6.92 Å². The van der Waals surface area contributed by atoms with Gasteiger partial charge in [0.25, 0.3) is 0 Å². The summed E-state index contributed by atoms with van der Waals surface area (Å²) in [5, 5.41) is 13.1. The van der Waals surface area contributed by atoms with Crippen molar-refractivity contribution in [3.8, 4) is 0 Å². The molecule has 1 rings (SSSR count). The smallest absolute Gasteiger partial charge is 0.0716 e. The lowest BCUT2D eigenvalue weighted by Crippen LogP contribution is -1.84. The molecule has 1 heterocycles. The molecule has 0 saturated heterocycles. The largest absolute Gasteiger partial charge is 0.136 e. The molecule has 0 unspecified atom stereocenters. The normalized spacial score (nSPS) is 6.78. The van der Waals surface area contributed by atoms with E-state index in [2.05, 4.69) is 27.2 Å². The molecule has 0 saturated carbocycles. The highest BCUT2D eigenvalue weighted by molar-refractivity contribution is 4.52. The van der Waals surface area contributed by atoms with Crippen molar-refractivity contribution < 1.29 is 0 Å². The molecule has 0 spiro atoms. The van der Waals surface area contributed by atoms with Gasteiger partial charge in [-0.2, -0.15) is 0 Å². The van der Waals surface area contributed by atoms with Crippen molar-refractivity contribution in [2.45, 2.75) is 6.92 Å². The van der Waals surface area contributed by atoms with Crippen molar-refractivity contribution in [3.05, 3.63) is 25.0 Å². The van der Waals surface area contributed by atoms with Gasteiger partial charge in [-0.3, -0.25) is 0 Å². The molecule has 4 nitrogen and oxygen atoms in total. The highest BCUT2D eigenvalue weighted by Gasteiger charge is 1.61. The standard InChI is InChI=1S/C3H6.C2H2N4/c1-3-2;1-2-4-6-5-3-1/h3H,1H2,2H3;1-2H. The molecule has 9 heavy (non-hydrogen) atoms. The summed E-state index contributed by atoms with van der Waals surface area (Å²) in [7, 11) is 0. The third-order valence-electron chi connectivity index (χ3n) is 0.343. The van der Waals surface area contributed by atoms with E-state index in [1.165, 1.54) is 12.4 Å². The molecule has 0 aromatic carbocycles. The van der Waals surface area contributed by atoms with Crippen molar-refractivity contribution in [3.63, 3.8) is 0 Å². The molecule has 1 aromatic rings. The first-order chi connectivity index (χ1) is 4.41. The van der Waals surface area contributed by atoms with Crippen LogP contribution in [0.15, 0.2) is 25.0 Å². The summed E-state index contributed by atoms with van der Waals surface area (Å²) in [6.45, 7) is 5.25. The van der Waals surface area contributed by atoms with Gasteiger partial charge in [-0.1, -0.05) is 6.08 Å². The van der Waals surface area contributed by atoms with Crippen molar-refractivity contribution in [2.75, 3.05) is 0 Å². The fraction of sp³-hybridized carbons (Fsp3) is 0.200. The summed E-state index contributed by atoms with van der Waals surface area (Å²) in [4.78, 5) is 0. The minimum atomic E-state index is 1.47. The monoisotopic (exact) mass is 124 g/mol. The Morgan fingerprint density at radius 2 is 1.56 bits per heavy atom. The summed E-state index contributed by atoms with van der Waals surface area (Å²) >= 11 is 0. The van der Waals surface area contributed by atoms with Gasteiger partial charge >= 0.3 is 0 Å². The Balaban J connectivity index is 0.000000187. The van der Waals surface area contributed by atoms with E-state index in [1.54, 1.807) is 6.08 Å². The highest BCUT2D eigenvalue weighted by Crippen LogP contribution is 1.53. The molecule has 0 radical (unpaired) electrons. The average Bonchev–Trinajstić information content (AvgIpc) is 1.93. The molecule has 0 aliphatic heterocycles. The minimum Gasteiger partial charge on any atom is -0.136 e. The van der Waals surface area contributed by atoms with E-state index in [9.17, 15) is 0 Å². The van der Waals surface area contributed by atoms with Gasteiger partial charge in [0.05, 0.1) is 12.4 Å². The molecule has 0 fully saturated rings. The Morgan fingerprint density at radius 3 is 1.67 bits per heavy atom. The summed E-state index contributed by atoms with van der Waals surface area (Å²) in [6, 6.07) is 0. The van der Waals surface area contributed by atoms with E-state index in [1.807, 2.05) is 6.92 Å². The first kappa shape index (κ1) is 7.68. The van der Waals surface area contributed by atoms with Gasteiger partial charge in [0.1, 0.15) is 0 Å². The van der Waals surface area contributed by atoms with E-state index in [0.717, 1.165) is 0 Å². The Hall–Kier alpha value is -1.32. The zero-order valence-electron chi connectivity index (χ0n) is 5.23. The maximum atomic E-state index is 3.36. The van der Waals surface area contributed by atoms with E-state index in [4.69, 9.17) is 0 Å². The number of hydrogen-bond acceptors (Lipinski definition) is 4. The molecule has 1 aromatic heterocycles. The first-order valence-electron chi connectivity index (χ1n) is 2.44. The van der Waals surface area contributed by atoms with Crippen LogP contribution in [-0.4, -0.2) is 20.6 Å². The maximum Gasteiger partial charge on any atom is 0.0716 e. The quantitative estimate of drug-likeness (QED) is 0.471. The zero-order valence-corrected chi connectivity index (χ0v) is 5.23. The number of hydrogen-bond donors (Lipinski definition) is 0. The number of rotatable bonds is 0. The second-order valence-corrected chi connectivity index (χ2v) is 1.12. The predicted octanol–water partition coefficient (Wildman–Crippen LogP) is 0.459. The van der Waals surface area contributed by atoms with Crippen LogP contribution in [0.2, 0.25) is 0 Å². The molecular weight excluding hydrogens is 116 g/mol. The van der Waals surface area contributed by atoms with Crippen LogP contribution >= 0.6 is 0 Å². The fourth-order valence-corrected chi connectivity index (χ4v) is 0.165. The molecular formula is C5H8N4. The lowest BCUT2D eigenvalue weighted by Gasteiger charge is -1.67. The van der Waals surface area contributed by atoms with Crippen LogP contribution in [0.5, 0.6) is 0 Å². The molecule has 0 aliphatic rings. The Bertz CT molecular complexity index is 112. The zero-order chi connectivity index (χ0) is 6.95. The maximum absolute atomic E-state index is 3.36. The van der Waals surface area contributed by atoms with Gasteiger partial charge in [0.2, 0.25) is 0 Å². The van der Waals surface area contributed by atoms with Crippen LogP contribution < -0.4 is 0 Å². The van der Waals surface area contributed by atoms with Crippen molar-refractivity contribution >= 4 is 0 Å². The third kappa shape index (κ3) is 6.68.